The van der Waals surface area contributed by atoms with Gasteiger partial charge in [0.15, 0.2) is 12.6 Å². The molecule has 31 heavy (non-hydrogen) atoms. The van der Waals surface area contributed by atoms with Crippen molar-refractivity contribution in [2.24, 2.45) is 0 Å². The van der Waals surface area contributed by atoms with Gasteiger partial charge in [0.25, 0.3) is 0 Å². The Kier molecular flexibility index (Phi) is 6.49. The van der Waals surface area contributed by atoms with Crippen LogP contribution in [0.25, 0.3) is 21.5 Å². The van der Waals surface area contributed by atoms with Crippen LogP contribution in [0.15, 0.2) is 72.8 Å². The lowest BCUT2D eigenvalue weighted by Gasteiger charge is -2.15. The molecule has 0 aliphatic heterocycles. The highest BCUT2D eigenvalue weighted by Crippen LogP contribution is 2.36. The van der Waals surface area contributed by atoms with E-state index in [-0.39, 0.29) is 12.8 Å². The first-order valence-electron chi connectivity index (χ1n) is 10.4. The van der Waals surface area contributed by atoms with Crippen molar-refractivity contribution in [3.8, 4) is 11.5 Å². The van der Waals surface area contributed by atoms with E-state index in [0.717, 1.165) is 32.7 Å². The summed E-state index contributed by atoms with van der Waals surface area (Å²) in [5, 5.41) is 41.0. The summed E-state index contributed by atoms with van der Waals surface area (Å²) in [5.74, 6) is 1.40. The molecule has 0 heterocycles. The number of aliphatic hydroxyl groups excluding tert-OH is 2. The second-order valence-electron chi connectivity index (χ2n) is 7.77. The Labute approximate surface area is 180 Å². The molecule has 0 unspecified atom stereocenters. The van der Waals surface area contributed by atoms with E-state index >= 15 is 0 Å². The first-order valence-corrected chi connectivity index (χ1v) is 10.4. The molecule has 0 bridgehead atoms. The Hall–Kier alpha value is -2.96. The molecule has 0 saturated heterocycles. The van der Waals surface area contributed by atoms with E-state index < -0.39 is 12.6 Å². The average molecular weight is 418 g/mol. The van der Waals surface area contributed by atoms with Gasteiger partial charge in [-0.05, 0) is 46.9 Å². The minimum absolute atomic E-state index is 0.250. The van der Waals surface area contributed by atoms with Gasteiger partial charge in [-0.1, -0.05) is 60.7 Å². The predicted octanol–water partition coefficient (Wildman–Crippen LogP) is 4.27. The number of hydrogen-bond acceptors (Lipinski definition) is 5. The molecule has 4 N–H and O–H groups in total. The van der Waals surface area contributed by atoms with Crippen LogP contribution < -0.4 is 4.74 Å². The lowest BCUT2D eigenvalue weighted by molar-refractivity contribution is -0.0453. The molecule has 0 aromatic heterocycles. The maximum Gasteiger partial charge on any atom is 0.151 e. The largest absolute Gasteiger partial charge is 0.456 e. The fraction of sp³-hybridized carbons (Fsp3) is 0.231. The molecule has 0 radical (unpaired) electrons. The topological polar surface area (TPSA) is 90.2 Å². The zero-order chi connectivity index (χ0) is 21.8. The fourth-order valence-corrected chi connectivity index (χ4v) is 3.84. The molecule has 160 valence electrons. The third-order valence-electron chi connectivity index (χ3n) is 5.37. The normalized spacial score (nSPS) is 11.7. The standard InChI is InChI=1S/C26H26O5/c27-25(28)11-9-17-13-19-5-1-3-7-21(19)23(15-17)31-24-16-18(10-12-26(29)30)14-20-6-2-4-8-22(20)24/h1-8,13-16,25-30H,9-12H2. The molecule has 5 nitrogen and oxygen atoms in total. The van der Waals surface area contributed by atoms with Gasteiger partial charge in [-0.3, -0.25) is 0 Å². The van der Waals surface area contributed by atoms with Gasteiger partial charge in [-0.2, -0.15) is 0 Å². The highest BCUT2D eigenvalue weighted by molar-refractivity contribution is 5.92. The molecule has 0 atom stereocenters. The van der Waals surface area contributed by atoms with Crippen LogP contribution in [0.3, 0.4) is 0 Å². The van der Waals surface area contributed by atoms with Crippen LogP contribution in [0.5, 0.6) is 11.5 Å². The van der Waals surface area contributed by atoms with E-state index in [2.05, 4.69) is 0 Å². The highest BCUT2D eigenvalue weighted by atomic mass is 16.5. The summed E-state index contributed by atoms with van der Waals surface area (Å²) in [5.41, 5.74) is 1.93. The molecule has 4 rings (SSSR count). The maximum absolute atomic E-state index is 9.26. The molecule has 5 heteroatoms. The third-order valence-corrected chi connectivity index (χ3v) is 5.37. The lowest BCUT2D eigenvalue weighted by atomic mass is 10.0. The summed E-state index contributed by atoms with van der Waals surface area (Å²) in [7, 11) is 0. The smallest absolute Gasteiger partial charge is 0.151 e. The van der Waals surface area contributed by atoms with Gasteiger partial charge in [-0.25, -0.2) is 0 Å². The maximum atomic E-state index is 9.26. The molecule has 0 amide bonds. The Morgan fingerprint density at radius 2 is 1.00 bits per heavy atom. The number of ether oxygens (including phenoxy) is 1. The van der Waals surface area contributed by atoms with Crippen LogP contribution in [0, 0.1) is 0 Å². The molecular weight excluding hydrogens is 392 g/mol. The van der Waals surface area contributed by atoms with Gasteiger partial charge >= 0.3 is 0 Å². The van der Waals surface area contributed by atoms with Crippen LogP contribution >= 0.6 is 0 Å². The SMILES string of the molecule is OC(O)CCc1cc(Oc2cc(CCC(O)O)cc3ccccc23)c2ccccc2c1. The number of fused-ring (bicyclic) bond motifs is 2. The van der Waals surface area contributed by atoms with Crippen molar-refractivity contribution >= 4 is 21.5 Å². The first-order chi connectivity index (χ1) is 15.0. The van der Waals surface area contributed by atoms with Crippen molar-refractivity contribution in [2.45, 2.75) is 38.3 Å². The van der Waals surface area contributed by atoms with Gasteiger partial charge in [0, 0.05) is 23.6 Å². The summed E-state index contributed by atoms with van der Waals surface area (Å²) >= 11 is 0. The fourth-order valence-electron chi connectivity index (χ4n) is 3.84. The molecule has 0 saturated carbocycles. The zero-order valence-corrected chi connectivity index (χ0v) is 17.1. The van der Waals surface area contributed by atoms with Gasteiger partial charge < -0.3 is 25.2 Å². The van der Waals surface area contributed by atoms with Crippen LogP contribution in [-0.2, 0) is 12.8 Å². The molecular formula is C26H26O5. The minimum Gasteiger partial charge on any atom is -0.456 e. The van der Waals surface area contributed by atoms with E-state index in [1.54, 1.807) is 0 Å². The van der Waals surface area contributed by atoms with E-state index in [0.29, 0.717) is 24.3 Å². The minimum atomic E-state index is -1.35. The Morgan fingerprint density at radius 3 is 1.42 bits per heavy atom. The number of benzene rings is 4. The van der Waals surface area contributed by atoms with E-state index in [1.807, 2.05) is 72.8 Å². The highest BCUT2D eigenvalue weighted by Gasteiger charge is 2.12. The van der Waals surface area contributed by atoms with Crippen molar-refractivity contribution < 1.29 is 25.2 Å². The third kappa shape index (κ3) is 5.21. The van der Waals surface area contributed by atoms with E-state index in [9.17, 15) is 20.4 Å². The van der Waals surface area contributed by atoms with Gasteiger partial charge in [0.2, 0.25) is 0 Å². The quantitative estimate of drug-likeness (QED) is 0.321. The predicted molar refractivity (Wildman–Crippen MR) is 121 cm³/mol. The van der Waals surface area contributed by atoms with Crippen molar-refractivity contribution in [3.63, 3.8) is 0 Å². The first kappa shape index (κ1) is 21.3. The van der Waals surface area contributed by atoms with Gasteiger partial charge in [0.05, 0.1) is 0 Å². The summed E-state index contributed by atoms with van der Waals surface area (Å²) < 4.78 is 6.45. The Balaban J connectivity index is 1.77. The molecule has 0 fully saturated rings. The number of hydrogen-bond donors (Lipinski definition) is 4. The number of aryl methyl sites for hydroxylation is 2. The Morgan fingerprint density at radius 1 is 0.581 bits per heavy atom. The van der Waals surface area contributed by atoms with Crippen molar-refractivity contribution in [1.29, 1.82) is 0 Å². The van der Waals surface area contributed by atoms with Crippen molar-refractivity contribution in [1.82, 2.24) is 0 Å². The van der Waals surface area contributed by atoms with Crippen molar-refractivity contribution in [3.05, 3.63) is 83.9 Å². The zero-order valence-electron chi connectivity index (χ0n) is 17.1. The molecule has 0 aliphatic rings. The van der Waals surface area contributed by atoms with Gasteiger partial charge in [-0.15, -0.1) is 0 Å². The van der Waals surface area contributed by atoms with Crippen LogP contribution in [0.4, 0.5) is 0 Å². The number of rotatable bonds is 8. The summed E-state index contributed by atoms with van der Waals surface area (Å²) in [6.07, 6.45) is -1.15. The monoisotopic (exact) mass is 418 g/mol. The lowest BCUT2D eigenvalue weighted by Crippen LogP contribution is -2.05. The molecule has 4 aromatic carbocycles. The summed E-state index contributed by atoms with van der Waals surface area (Å²) in [6, 6.07) is 23.9. The summed E-state index contributed by atoms with van der Waals surface area (Å²) in [6.45, 7) is 0. The van der Waals surface area contributed by atoms with Crippen LogP contribution in [0.1, 0.15) is 24.0 Å². The second kappa shape index (κ2) is 9.45. The second-order valence-corrected chi connectivity index (χ2v) is 7.77. The summed E-state index contributed by atoms with van der Waals surface area (Å²) in [4.78, 5) is 0. The molecule has 4 aromatic rings. The average Bonchev–Trinajstić information content (AvgIpc) is 2.76. The van der Waals surface area contributed by atoms with E-state index in [1.165, 1.54) is 0 Å². The number of aliphatic hydroxyl groups is 4. The Bertz CT molecular complexity index is 1090. The van der Waals surface area contributed by atoms with Crippen LogP contribution in [0.2, 0.25) is 0 Å². The van der Waals surface area contributed by atoms with E-state index in [4.69, 9.17) is 4.74 Å². The van der Waals surface area contributed by atoms with Crippen molar-refractivity contribution in [2.75, 3.05) is 0 Å². The van der Waals surface area contributed by atoms with Crippen LogP contribution in [-0.4, -0.2) is 33.0 Å². The molecule has 0 aliphatic carbocycles. The van der Waals surface area contributed by atoms with Gasteiger partial charge in [0.1, 0.15) is 11.5 Å². The molecule has 0 spiro atoms.